The van der Waals surface area contributed by atoms with Crippen LogP contribution in [0.4, 0.5) is 0 Å². The van der Waals surface area contributed by atoms with Gasteiger partial charge >= 0.3 is 5.97 Å². The van der Waals surface area contributed by atoms with Gasteiger partial charge in [-0.2, -0.15) is 0 Å². The number of hydrogen-bond donors (Lipinski definition) is 2. The first kappa shape index (κ1) is 24.3. The van der Waals surface area contributed by atoms with Gasteiger partial charge in [0.2, 0.25) is 0 Å². The highest BCUT2D eigenvalue weighted by molar-refractivity contribution is 5.69. The molecule has 0 fully saturated rings. The van der Waals surface area contributed by atoms with Gasteiger partial charge in [-0.15, -0.1) is 0 Å². The second-order valence-electron chi connectivity index (χ2n) is 7.75. The van der Waals surface area contributed by atoms with E-state index in [4.69, 9.17) is 4.74 Å². The molecule has 2 N–H and O–H groups in total. The van der Waals surface area contributed by atoms with E-state index in [1.165, 1.54) is 76.7 Å². The van der Waals surface area contributed by atoms with E-state index in [0.29, 0.717) is 18.4 Å². The summed E-state index contributed by atoms with van der Waals surface area (Å²) < 4.78 is 5.22. The molecule has 1 aromatic carbocycles. The maximum absolute atomic E-state index is 11.8. The van der Waals surface area contributed by atoms with Gasteiger partial charge in [0.05, 0.1) is 6.61 Å². The molecule has 0 heterocycles. The Kier molecular flexibility index (Phi) is 14.1. The molecule has 1 aromatic rings. The van der Waals surface area contributed by atoms with Crippen molar-refractivity contribution in [1.82, 2.24) is 0 Å². The third-order valence-electron chi connectivity index (χ3n) is 5.22. The third-order valence-corrected chi connectivity index (χ3v) is 5.22. The van der Waals surface area contributed by atoms with Crippen molar-refractivity contribution in [2.24, 2.45) is 0 Å². The van der Waals surface area contributed by atoms with Gasteiger partial charge in [-0.05, 0) is 12.5 Å². The number of rotatable bonds is 17. The van der Waals surface area contributed by atoms with Crippen molar-refractivity contribution < 1.29 is 19.7 Å². The van der Waals surface area contributed by atoms with Gasteiger partial charge in [-0.25, -0.2) is 0 Å². The maximum atomic E-state index is 11.8. The molecular weight excluding hydrogens is 352 g/mol. The summed E-state index contributed by atoms with van der Waals surface area (Å²) in [6, 6.07) is 4.81. The number of esters is 1. The normalized spacial score (nSPS) is 10.9. The van der Waals surface area contributed by atoms with Crippen LogP contribution in [0.2, 0.25) is 0 Å². The van der Waals surface area contributed by atoms with Crippen molar-refractivity contribution in [3.8, 4) is 11.5 Å². The first-order chi connectivity index (χ1) is 13.6. The van der Waals surface area contributed by atoms with E-state index in [2.05, 4.69) is 6.92 Å². The van der Waals surface area contributed by atoms with E-state index >= 15 is 0 Å². The average Bonchev–Trinajstić information content (AvgIpc) is 2.69. The fraction of sp³-hybridized carbons (Fsp3) is 0.708. The molecule has 4 nitrogen and oxygen atoms in total. The molecule has 1 rings (SSSR count). The van der Waals surface area contributed by atoms with Crippen LogP contribution in [0.1, 0.15) is 102 Å². The van der Waals surface area contributed by atoms with E-state index in [0.717, 1.165) is 12.8 Å². The Morgan fingerprint density at radius 3 is 1.93 bits per heavy atom. The van der Waals surface area contributed by atoms with Gasteiger partial charge in [0.1, 0.15) is 0 Å². The Hall–Kier alpha value is -1.71. The van der Waals surface area contributed by atoms with Gasteiger partial charge in [-0.1, -0.05) is 96.1 Å². The molecule has 0 saturated carbocycles. The molecule has 0 bridgehead atoms. The first-order valence-corrected chi connectivity index (χ1v) is 11.3. The Morgan fingerprint density at radius 2 is 1.36 bits per heavy atom. The molecule has 0 aromatic heterocycles. The number of phenols is 2. The lowest BCUT2D eigenvalue weighted by Gasteiger charge is -2.07. The summed E-state index contributed by atoms with van der Waals surface area (Å²) in [5.74, 6) is -0.450. The molecule has 0 unspecified atom stereocenters. The molecule has 0 amide bonds. The van der Waals surface area contributed by atoms with Crippen molar-refractivity contribution in [3.05, 3.63) is 23.8 Å². The van der Waals surface area contributed by atoms with E-state index in [9.17, 15) is 15.0 Å². The fourth-order valence-corrected chi connectivity index (χ4v) is 3.41. The third kappa shape index (κ3) is 11.9. The van der Waals surface area contributed by atoms with Crippen molar-refractivity contribution in [2.75, 3.05) is 6.61 Å². The molecule has 0 radical (unpaired) electrons. The number of carbonyl (C=O) groups is 1. The zero-order chi connectivity index (χ0) is 20.5. The lowest BCUT2D eigenvalue weighted by Crippen LogP contribution is -2.07. The number of benzene rings is 1. The van der Waals surface area contributed by atoms with Crippen molar-refractivity contribution in [1.29, 1.82) is 0 Å². The Morgan fingerprint density at radius 1 is 0.821 bits per heavy atom. The fourth-order valence-electron chi connectivity index (χ4n) is 3.41. The van der Waals surface area contributed by atoms with Gasteiger partial charge in [0.25, 0.3) is 0 Å². The minimum absolute atomic E-state index is 0.130. The van der Waals surface area contributed by atoms with Gasteiger partial charge in [0, 0.05) is 18.4 Å². The first-order valence-electron chi connectivity index (χ1n) is 11.3. The Bertz CT molecular complexity index is 527. The van der Waals surface area contributed by atoms with E-state index < -0.39 is 0 Å². The highest BCUT2D eigenvalue weighted by Gasteiger charge is 2.07. The molecule has 160 valence electrons. The monoisotopic (exact) mass is 392 g/mol. The Labute approximate surface area is 171 Å². The van der Waals surface area contributed by atoms with Crippen LogP contribution in [-0.4, -0.2) is 22.8 Å². The number of aromatic hydroxyl groups is 2. The summed E-state index contributed by atoms with van der Waals surface area (Å²) in [5.41, 5.74) is 0.591. The number of unbranched alkanes of at least 4 members (excludes halogenated alkanes) is 12. The summed E-state index contributed by atoms with van der Waals surface area (Å²) in [6.07, 6.45) is 17.6. The van der Waals surface area contributed by atoms with Crippen molar-refractivity contribution in [3.63, 3.8) is 0 Å². The van der Waals surface area contributed by atoms with Crippen LogP contribution < -0.4 is 0 Å². The molecule has 0 saturated heterocycles. The number of hydrogen-bond acceptors (Lipinski definition) is 4. The highest BCUT2D eigenvalue weighted by atomic mass is 16.5. The highest BCUT2D eigenvalue weighted by Crippen LogP contribution is 2.28. The van der Waals surface area contributed by atoms with E-state index in [-0.39, 0.29) is 24.1 Å². The smallest absolute Gasteiger partial charge is 0.305 e. The molecule has 4 heteroatoms. The number of ether oxygens (including phenoxy) is 1. The number of phenolic OH excluding ortho intramolecular Hbond substituents is 2. The molecular formula is C24H40O4. The van der Waals surface area contributed by atoms with Crippen molar-refractivity contribution >= 4 is 5.97 Å². The van der Waals surface area contributed by atoms with Crippen LogP contribution in [0.25, 0.3) is 0 Å². The minimum atomic E-state index is -0.178. The number of carbonyl (C=O) groups excluding carboxylic acids is 1. The molecule has 0 aliphatic heterocycles. The van der Waals surface area contributed by atoms with Crippen LogP contribution in [0.5, 0.6) is 11.5 Å². The van der Waals surface area contributed by atoms with Crippen molar-refractivity contribution in [2.45, 2.75) is 103 Å². The van der Waals surface area contributed by atoms with Crippen LogP contribution in [-0.2, 0) is 16.0 Å². The predicted octanol–water partition coefficient (Wildman–Crippen LogP) is 6.66. The van der Waals surface area contributed by atoms with E-state index in [1.807, 2.05) is 0 Å². The second-order valence-corrected chi connectivity index (χ2v) is 7.75. The maximum Gasteiger partial charge on any atom is 0.305 e. The lowest BCUT2D eigenvalue weighted by molar-refractivity contribution is -0.143. The van der Waals surface area contributed by atoms with Gasteiger partial charge in [0.15, 0.2) is 11.5 Å². The predicted molar refractivity (Wildman–Crippen MR) is 115 cm³/mol. The minimum Gasteiger partial charge on any atom is -0.504 e. The largest absolute Gasteiger partial charge is 0.504 e. The average molecular weight is 393 g/mol. The molecule has 0 atom stereocenters. The zero-order valence-corrected chi connectivity index (χ0v) is 17.8. The van der Waals surface area contributed by atoms with Crippen LogP contribution in [0.3, 0.4) is 0 Å². The Balaban J connectivity index is 1.88. The van der Waals surface area contributed by atoms with Crippen LogP contribution >= 0.6 is 0 Å². The summed E-state index contributed by atoms with van der Waals surface area (Å²) >= 11 is 0. The topological polar surface area (TPSA) is 66.8 Å². The standard InChI is InChI=1S/C24H40O4/c1-2-3-4-5-6-7-8-9-10-11-12-13-14-18-23(26)28-20-19-21-16-15-17-22(25)24(21)27/h15-17,25,27H,2-14,18-20H2,1H3. The second kappa shape index (κ2) is 16.3. The van der Waals surface area contributed by atoms with Crippen LogP contribution in [0, 0.1) is 0 Å². The summed E-state index contributed by atoms with van der Waals surface area (Å²) in [7, 11) is 0. The van der Waals surface area contributed by atoms with E-state index in [1.54, 1.807) is 12.1 Å². The SMILES string of the molecule is CCCCCCCCCCCCCCCC(=O)OCCc1cccc(O)c1O. The molecule has 0 aliphatic carbocycles. The van der Waals surface area contributed by atoms with Crippen LogP contribution in [0.15, 0.2) is 18.2 Å². The lowest BCUT2D eigenvalue weighted by atomic mass is 10.0. The van der Waals surface area contributed by atoms with Gasteiger partial charge in [-0.3, -0.25) is 4.79 Å². The summed E-state index contributed by atoms with van der Waals surface area (Å²) in [4.78, 5) is 11.8. The zero-order valence-electron chi connectivity index (χ0n) is 17.8. The molecule has 0 aliphatic rings. The summed E-state index contributed by atoms with van der Waals surface area (Å²) in [6.45, 7) is 2.49. The quantitative estimate of drug-likeness (QED) is 0.177. The van der Waals surface area contributed by atoms with Gasteiger partial charge < -0.3 is 14.9 Å². The molecule has 0 spiro atoms. The molecule has 28 heavy (non-hydrogen) atoms. The summed E-state index contributed by atoms with van der Waals surface area (Å²) in [5, 5.41) is 19.1. The number of para-hydroxylation sites is 1.